The Balaban J connectivity index is 3.35. The Bertz CT molecular complexity index is 419. The highest BCUT2D eigenvalue weighted by Crippen LogP contribution is 2.43. The minimum Gasteiger partial charge on any atom is -0.384 e. The lowest BCUT2D eigenvalue weighted by atomic mass is 9.70. The molecule has 0 aromatic heterocycles. The third-order valence-electron chi connectivity index (χ3n) is 4.91. The summed E-state index contributed by atoms with van der Waals surface area (Å²) < 4.78 is 0. The van der Waals surface area contributed by atoms with Crippen molar-refractivity contribution in [2.45, 2.75) is 67.4 Å². The quantitative estimate of drug-likeness (QED) is 0.753. The van der Waals surface area contributed by atoms with E-state index in [1.165, 1.54) is 5.57 Å². The molecule has 0 aromatic carbocycles. The normalized spacial score (nSPS) is 23.4. The maximum Gasteiger partial charge on any atom is 0.101 e. The molecule has 0 heterocycles. The Morgan fingerprint density at radius 3 is 2.00 bits per heavy atom. The minimum atomic E-state index is -0.448. The maximum absolute atomic E-state index is 10.6. The van der Waals surface area contributed by atoms with Crippen LogP contribution in [0.3, 0.4) is 0 Å². The number of aliphatic hydroxyl groups excluding tert-OH is 1. The molecule has 1 rings (SSSR count). The highest BCUT2D eigenvalue weighted by Gasteiger charge is 2.33. The van der Waals surface area contributed by atoms with E-state index in [9.17, 15) is 5.11 Å². The van der Waals surface area contributed by atoms with E-state index < -0.39 is 6.10 Å². The second-order valence-corrected chi connectivity index (χ2v) is 6.87. The van der Waals surface area contributed by atoms with Crippen LogP contribution in [0, 0.1) is 10.8 Å². The van der Waals surface area contributed by atoms with Crippen LogP contribution in [-0.4, -0.2) is 11.2 Å². The highest BCUT2D eigenvalue weighted by atomic mass is 16.3. The van der Waals surface area contributed by atoms with Crippen LogP contribution < -0.4 is 0 Å². The van der Waals surface area contributed by atoms with E-state index in [4.69, 9.17) is 0 Å². The molecular formula is C18H30O. The fourth-order valence-corrected chi connectivity index (χ4v) is 2.33. The fraction of sp³-hybridized carbons (Fsp3) is 0.667. The molecule has 0 aromatic rings. The zero-order valence-corrected chi connectivity index (χ0v) is 13.7. The number of aliphatic hydroxyl groups is 1. The lowest BCUT2D eigenvalue weighted by molar-refractivity contribution is 0.210. The molecule has 0 bridgehead atoms. The molecule has 1 nitrogen and oxygen atoms in total. The van der Waals surface area contributed by atoms with Crippen molar-refractivity contribution in [1.29, 1.82) is 0 Å². The van der Waals surface area contributed by atoms with Crippen molar-refractivity contribution in [3.05, 3.63) is 34.9 Å². The Morgan fingerprint density at radius 2 is 1.58 bits per heavy atom. The van der Waals surface area contributed by atoms with E-state index in [1.807, 2.05) is 13.0 Å². The fourth-order valence-electron chi connectivity index (χ4n) is 2.33. The zero-order valence-electron chi connectivity index (χ0n) is 13.7. The topological polar surface area (TPSA) is 20.2 Å². The van der Waals surface area contributed by atoms with E-state index in [0.29, 0.717) is 0 Å². The molecule has 0 radical (unpaired) electrons. The van der Waals surface area contributed by atoms with Crippen molar-refractivity contribution in [3.8, 4) is 0 Å². The number of rotatable bonds is 4. The van der Waals surface area contributed by atoms with Crippen LogP contribution in [-0.2, 0) is 0 Å². The van der Waals surface area contributed by atoms with Crippen molar-refractivity contribution >= 4 is 0 Å². The van der Waals surface area contributed by atoms with E-state index in [1.54, 1.807) is 0 Å². The third kappa shape index (κ3) is 3.20. The molecule has 19 heavy (non-hydrogen) atoms. The predicted molar refractivity (Wildman–Crippen MR) is 84.1 cm³/mol. The van der Waals surface area contributed by atoms with Crippen LogP contribution in [0.4, 0.5) is 0 Å². The van der Waals surface area contributed by atoms with Gasteiger partial charge >= 0.3 is 0 Å². The van der Waals surface area contributed by atoms with E-state index in [2.05, 4.69) is 53.7 Å². The van der Waals surface area contributed by atoms with Crippen LogP contribution in [0.1, 0.15) is 61.3 Å². The van der Waals surface area contributed by atoms with Crippen molar-refractivity contribution in [2.75, 3.05) is 0 Å². The average molecular weight is 262 g/mol. The summed E-state index contributed by atoms with van der Waals surface area (Å²) in [4.78, 5) is 0. The second-order valence-electron chi connectivity index (χ2n) is 6.87. The first-order valence-corrected chi connectivity index (χ1v) is 7.48. The SMILES string of the molecule is CC=C1C=C(C(C)(C)CC)C=C(C(C)(C)CC)C1O. The Kier molecular flexibility index (Phi) is 4.84. The molecule has 1 N–H and O–H groups in total. The van der Waals surface area contributed by atoms with Gasteiger partial charge in [-0.2, -0.15) is 0 Å². The molecule has 1 atom stereocenters. The van der Waals surface area contributed by atoms with Gasteiger partial charge in [-0.1, -0.05) is 59.8 Å². The van der Waals surface area contributed by atoms with Gasteiger partial charge in [0.15, 0.2) is 0 Å². The smallest absolute Gasteiger partial charge is 0.101 e. The number of hydrogen-bond acceptors (Lipinski definition) is 1. The van der Waals surface area contributed by atoms with E-state index >= 15 is 0 Å². The molecule has 1 heteroatoms. The lowest BCUT2D eigenvalue weighted by Gasteiger charge is -2.37. The van der Waals surface area contributed by atoms with Crippen molar-refractivity contribution in [3.63, 3.8) is 0 Å². The molecule has 0 spiro atoms. The van der Waals surface area contributed by atoms with Crippen LogP contribution in [0.25, 0.3) is 0 Å². The predicted octanol–water partition coefficient (Wildman–Crippen LogP) is 5.03. The van der Waals surface area contributed by atoms with Crippen LogP contribution in [0.2, 0.25) is 0 Å². The van der Waals surface area contributed by atoms with Gasteiger partial charge in [-0.15, -0.1) is 0 Å². The summed E-state index contributed by atoms with van der Waals surface area (Å²) in [7, 11) is 0. The molecule has 1 aliphatic rings. The summed E-state index contributed by atoms with van der Waals surface area (Å²) in [5.41, 5.74) is 3.73. The van der Waals surface area contributed by atoms with Gasteiger partial charge in [-0.3, -0.25) is 0 Å². The Labute approximate surface area is 119 Å². The minimum absolute atomic E-state index is 0.0387. The van der Waals surface area contributed by atoms with Crippen molar-refractivity contribution in [1.82, 2.24) is 0 Å². The summed E-state index contributed by atoms with van der Waals surface area (Å²) in [6, 6.07) is 0. The summed E-state index contributed by atoms with van der Waals surface area (Å²) in [6.45, 7) is 15.4. The molecule has 108 valence electrons. The number of hydrogen-bond donors (Lipinski definition) is 1. The standard InChI is InChI=1S/C18H30O/c1-8-13-11-14(17(4,5)9-2)12-15(16(13)19)18(6,7)10-3/h8,11-12,16,19H,9-10H2,1-7H3. The maximum atomic E-state index is 10.6. The molecule has 0 amide bonds. The first kappa shape index (κ1) is 16.2. The summed E-state index contributed by atoms with van der Waals surface area (Å²) in [5, 5.41) is 10.6. The monoisotopic (exact) mass is 262 g/mol. The third-order valence-corrected chi connectivity index (χ3v) is 4.91. The zero-order chi connectivity index (χ0) is 14.8. The van der Waals surface area contributed by atoms with Gasteiger partial charge in [0.05, 0.1) is 0 Å². The molecule has 0 saturated carbocycles. The van der Waals surface area contributed by atoms with E-state index in [-0.39, 0.29) is 10.8 Å². The van der Waals surface area contributed by atoms with Crippen molar-refractivity contribution in [2.24, 2.45) is 10.8 Å². The summed E-state index contributed by atoms with van der Waals surface area (Å²) in [5.74, 6) is 0. The van der Waals surface area contributed by atoms with Gasteiger partial charge in [-0.05, 0) is 47.3 Å². The van der Waals surface area contributed by atoms with Gasteiger partial charge in [0.1, 0.15) is 6.10 Å². The molecule has 1 aliphatic carbocycles. The van der Waals surface area contributed by atoms with E-state index in [0.717, 1.165) is 24.0 Å². The average Bonchev–Trinajstić information content (AvgIpc) is 2.38. The van der Waals surface area contributed by atoms with Gasteiger partial charge in [0.25, 0.3) is 0 Å². The summed E-state index contributed by atoms with van der Waals surface area (Å²) in [6.07, 6.45) is 8.13. The molecular weight excluding hydrogens is 232 g/mol. The van der Waals surface area contributed by atoms with Crippen LogP contribution >= 0.6 is 0 Å². The first-order chi connectivity index (χ1) is 8.69. The Morgan fingerprint density at radius 1 is 1.05 bits per heavy atom. The van der Waals surface area contributed by atoms with Crippen LogP contribution in [0.15, 0.2) is 34.9 Å². The largest absolute Gasteiger partial charge is 0.384 e. The Hall–Kier alpha value is -0.820. The van der Waals surface area contributed by atoms with Gasteiger partial charge in [0.2, 0.25) is 0 Å². The van der Waals surface area contributed by atoms with Crippen molar-refractivity contribution < 1.29 is 5.11 Å². The molecule has 0 saturated heterocycles. The summed E-state index contributed by atoms with van der Waals surface area (Å²) >= 11 is 0. The van der Waals surface area contributed by atoms with Gasteiger partial charge in [-0.25, -0.2) is 0 Å². The lowest BCUT2D eigenvalue weighted by Crippen LogP contribution is -2.29. The van der Waals surface area contributed by atoms with Crippen LogP contribution in [0.5, 0.6) is 0 Å². The molecule has 1 unspecified atom stereocenters. The molecule has 0 fully saturated rings. The first-order valence-electron chi connectivity index (χ1n) is 7.48. The van der Waals surface area contributed by atoms with Gasteiger partial charge < -0.3 is 5.11 Å². The highest BCUT2D eigenvalue weighted by molar-refractivity contribution is 5.48. The number of allylic oxidation sites excluding steroid dienone is 3. The second kappa shape index (κ2) is 5.66. The molecule has 0 aliphatic heterocycles. The van der Waals surface area contributed by atoms with Gasteiger partial charge in [0, 0.05) is 0 Å².